The lowest BCUT2D eigenvalue weighted by Gasteiger charge is -2.36. The minimum absolute atomic E-state index is 0.0461. The molecule has 0 N–H and O–H groups in total. The van der Waals surface area contributed by atoms with Gasteiger partial charge in [0.05, 0.1) is 13.7 Å². The summed E-state index contributed by atoms with van der Waals surface area (Å²) >= 11 is 0. The molecule has 0 radical (unpaired) electrons. The van der Waals surface area contributed by atoms with Crippen molar-refractivity contribution in [1.29, 1.82) is 0 Å². The smallest absolute Gasteiger partial charge is 0.164 e. The van der Waals surface area contributed by atoms with Crippen LogP contribution in [0.3, 0.4) is 0 Å². The number of aromatic nitrogens is 1. The van der Waals surface area contributed by atoms with E-state index in [0.29, 0.717) is 12.4 Å². The third kappa shape index (κ3) is 2.24. The summed E-state index contributed by atoms with van der Waals surface area (Å²) in [6, 6.07) is 1.81. The third-order valence-corrected chi connectivity index (χ3v) is 6.09. The number of carbonyl (C=O) groups excluding carboxylic acids is 1. The lowest BCUT2D eigenvalue weighted by atomic mass is 9.67. The second-order valence-electron chi connectivity index (χ2n) is 7.35. The Morgan fingerprint density at radius 3 is 2.77 bits per heavy atom. The molecule has 0 saturated heterocycles. The molecule has 0 amide bonds. The summed E-state index contributed by atoms with van der Waals surface area (Å²) in [6.45, 7) is 0.610. The third-order valence-electron chi connectivity index (χ3n) is 6.09. The van der Waals surface area contributed by atoms with Gasteiger partial charge in [-0.05, 0) is 55.9 Å². The number of methoxy groups -OCH3 is 1. The SMILES string of the molecule is COc1ccncc1COCC(=O)C12CC3CC(C1)C(C3)C2. The molecule has 4 nitrogen and oxygen atoms in total. The van der Waals surface area contributed by atoms with Crippen LogP contribution in [0.15, 0.2) is 18.5 Å². The molecule has 2 unspecified atom stereocenters. The zero-order valence-corrected chi connectivity index (χ0v) is 13.1. The van der Waals surface area contributed by atoms with Crippen LogP contribution in [0, 0.1) is 23.2 Å². The first-order valence-corrected chi connectivity index (χ1v) is 8.28. The van der Waals surface area contributed by atoms with Crippen LogP contribution < -0.4 is 4.74 Å². The largest absolute Gasteiger partial charge is 0.496 e. The summed E-state index contributed by atoms with van der Waals surface area (Å²) in [5, 5.41) is 0. The molecular formula is C18H23NO3. The van der Waals surface area contributed by atoms with Crippen molar-refractivity contribution in [1.82, 2.24) is 4.98 Å². The van der Waals surface area contributed by atoms with Crippen molar-refractivity contribution in [3.8, 4) is 5.75 Å². The molecule has 0 spiro atoms. The predicted molar refractivity (Wildman–Crippen MR) is 81.4 cm³/mol. The van der Waals surface area contributed by atoms with E-state index >= 15 is 0 Å². The number of nitrogens with zero attached hydrogens (tertiary/aromatic N) is 1. The van der Waals surface area contributed by atoms with Crippen LogP contribution in [0.1, 0.15) is 37.7 Å². The van der Waals surface area contributed by atoms with E-state index in [1.54, 1.807) is 19.5 Å². The minimum Gasteiger partial charge on any atom is -0.496 e. The molecule has 5 rings (SSSR count). The van der Waals surface area contributed by atoms with Gasteiger partial charge in [-0.2, -0.15) is 0 Å². The molecule has 118 valence electrons. The topological polar surface area (TPSA) is 48.4 Å². The lowest BCUT2D eigenvalue weighted by Crippen LogP contribution is -2.37. The van der Waals surface area contributed by atoms with Crippen molar-refractivity contribution >= 4 is 5.78 Å². The van der Waals surface area contributed by atoms with Crippen LogP contribution in [-0.2, 0) is 16.1 Å². The molecule has 4 bridgehead atoms. The maximum Gasteiger partial charge on any atom is 0.164 e. The highest BCUT2D eigenvalue weighted by atomic mass is 16.5. The van der Waals surface area contributed by atoms with E-state index < -0.39 is 0 Å². The normalized spacial score (nSPS) is 35.0. The van der Waals surface area contributed by atoms with E-state index in [-0.39, 0.29) is 12.0 Å². The summed E-state index contributed by atoms with van der Waals surface area (Å²) in [5.74, 6) is 3.54. The number of carbonyl (C=O) groups is 1. The quantitative estimate of drug-likeness (QED) is 0.810. The first-order valence-electron chi connectivity index (χ1n) is 8.28. The Hall–Kier alpha value is -1.42. The van der Waals surface area contributed by atoms with Gasteiger partial charge in [0.15, 0.2) is 5.78 Å². The molecule has 4 aliphatic rings. The number of ether oxygens (including phenoxy) is 2. The van der Waals surface area contributed by atoms with E-state index in [2.05, 4.69) is 4.98 Å². The van der Waals surface area contributed by atoms with Crippen molar-refractivity contribution in [2.45, 2.75) is 38.7 Å². The second kappa shape index (κ2) is 5.34. The van der Waals surface area contributed by atoms with Gasteiger partial charge in [0.2, 0.25) is 0 Å². The summed E-state index contributed by atoms with van der Waals surface area (Å²) in [5.41, 5.74) is 0.848. The van der Waals surface area contributed by atoms with Gasteiger partial charge in [0.1, 0.15) is 12.4 Å². The van der Waals surface area contributed by atoms with Gasteiger partial charge in [-0.3, -0.25) is 9.78 Å². The van der Waals surface area contributed by atoms with E-state index in [1.807, 2.05) is 6.07 Å². The van der Waals surface area contributed by atoms with Crippen LogP contribution in [0.4, 0.5) is 0 Å². The number of ketones is 1. The van der Waals surface area contributed by atoms with Crippen molar-refractivity contribution < 1.29 is 14.3 Å². The standard InChI is InChI=1S/C18H23NO3/c1-21-16-2-3-19-9-15(16)10-22-11-17(20)18-6-12-4-13(7-18)14(5-12)8-18/h2-3,9,12-14H,4-8,10-11H2,1H3. The van der Waals surface area contributed by atoms with Crippen molar-refractivity contribution in [3.63, 3.8) is 0 Å². The molecular weight excluding hydrogens is 278 g/mol. The van der Waals surface area contributed by atoms with Crippen LogP contribution in [-0.4, -0.2) is 24.5 Å². The Labute approximate surface area is 131 Å². The molecule has 0 aliphatic heterocycles. The highest BCUT2D eigenvalue weighted by Gasteiger charge is 2.58. The van der Waals surface area contributed by atoms with E-state index in [9.17, 15) is 4.79 Å². The van der Waals surface area contributed by atoms with Gasteiger partial charge < -0.3 is 9.47 Å². The van der Waals surface area contributed by atoms with Gasteiger partial charge in [-0.1, -0.05) is 0 Å². The zero-order valence-electron chi connectivity index (χ0n) is 13.1. The Balaban J connectivity index is 1.36. The fourth-order valence-corrected chi connectivity index (χ4v) is 5.28. The van der Waals surface area contributed by atoms with Gasteiger partial charge in [-0.15, -0.1) is 0 Å². The van der Waals surface area contributed by atoms with Crippen molar-refractivity contribution in [2.75, 3.05) is 13.7 Å². The Kier molecular flexibility index (Phi) is 3.44. The number of Topliss-reactive ketones (excluding diaryl/α,β-unsaturated/α-hetero) is 1. The maximum atomic E-state index is 12.7. The monoisotopic (exact) mass is 301 g/mol. The molecule has 2 atom stereocenters. The zero-order chi connectivity index (χ0) is 15.2. The molecule has 1 aromatic heterocycles. The molecule has 0 aromatic carbocycles. The van der Waals surface area contributed by atoms with Crippen LogP contribution in [0.25, 0.3) is 0 Å². The Bertz CT molecular complexity index is 566. The molecule has 4 saturated carbocycles. The average Bonchev–Trinajstić information content (AvgIpc) is 2.95. The van der Waals surface area contributed by atoms with Gasteiger partial charge in [0, 0.05) is 23.4 Å². The summed E-state index contributed by atoms with van der Waals surface area (Å²) in [6.07, 6.45) is 9.51. The molecule has 4 fully saturated rings. The van der Waals surface area contributed by atoms with Crippen LogP contribution in [0.5, 0.6) is 5.75 Å². The Morgan fingerprint density at radius 2 is 2.09 bits per heavy atom. The highest BCUT2D eigenvalue weighted by molar-refractivity contribution is 5.86. The number of pyridine rings is 1. The fourth-order valence-electron chi connectivity index (χ4n) is 5.28. The first-order chi connectivity index (χ1) is 10.7. The van der Waals surface area contributed by atoms with Crippen LogP contribution in [0.2, 0.25) is 0 Å². The number of rotatable bonds is 6. The van der Waals surface area contributed by atoms with Gasteiger partial charge >= 0.3 is 0 Å². The van der Waals surface area contributed by atoms with Crippen molar-refractivity contribution in [3.05, 3.63) is 24.0 Å². The molecule has 1 heterocycles. The average molecular weight is 301 g/mol. The van der Waals surface area contributed by atoms with Gasteiger partial charge in [0.25, 0.3) is 0 Å². The number of hydrogen-bond donors (Lipinski definition) is 0. The fraction of sp³-hybridized carbons (Fsp3) is 0.667. The molecule has 22 heavy (non-hydrogen) atoms. The summed E-state index contributed by atoms with van der Waals surface area (Å²) < 4.78 is 11.0. The highest BCUT2D eigenvalue weighted by Crippen LogP contribution is 2.64. The van der Waals surface area contributed by atoms with Gasteiger partial charge in [-0.25, -0.2) is 0 Å². The van der Waals surface area contributed by atoms with E-state index in [1.165, 1.54) is 12.8 Å². The maximum absolute atomic E-state index is 12.7. The minimum atomic E-state index is -0.0461. The van der Waals surface area contributed by atoms with Crippen LogP contribution >= 0.6 is 0 Å². The number of hydrogen-bond acceptors (Lipinski definition) is 4. The molecule has 4 heteroatoms. The second-order valence-corrected chi connectivity index (χ2v) is 7.35. The molecule has 1 aromatic rings. The Morgan fingerprint density at radius 1 is 1.32 bits per heavy atom. The van der Waals surface area contributed by atoms with E-state index in [4.69, 9.17) is 9.47 Å². The van der Waals surface area contributed by atoms with Crippen molar-refractivity contribution in [2.24, 2.45) is 23.2 Å². The summed E-state index contributed by atoms with van der Waals surface area (Å²) in [7, 11) is 1.63. The first kappa shape index (κ1) is 14.2. The molecule has 4 aliphatic carbocycles. The lowest BCUT2D eigenvalue weighted by molar-refractivity contribution is -0.136. The predicted octanol–water partition coefficient (Wildman–Crippen LogP) is 3.00. The van der Waals surface area contributed by atoms with E-state index in [0.717, 1.165) is 48.3 Å². The summed E-state index contributed by atoms with van der Waals surface area (Å²) in [4.78, 5) is 16.8.